The molecule has 2 aromatic rings. The fourth-order valence-electron chi connectivity index (χ4n) is 4.36. The minimum absolute atomic E-state index is 0.162. The van der Waals surface area contributed by atoms with E-state index in [0.717, 1.165) is 56.9 Å². The Bertz CT molecular complexity index is 909. The van der Waals surface area contributed by atoms with Crippen molar-refractivity contribution in [1.82, 2.24) is 24.6 Å². The first kappa shape index (κ1) is 19.8. The Kier molecular flexibility index (Phi) is 5.43. The monoisotopic (exact) mass is 433 g/mol. The van der Waals surface area contributed by atoms with Gasteiger partial charge >= 0.3 is 0 Å². The van der Waals surface area contributed by atoms with Crippen LogP contribution in [0.1, 0.15) is 37.9 Å². The zero-order valence-corrected chi connectivity index (χ0v) is 18.2. The van der Waals surface area contributed by atoms with Crippen molar-refractivity contribution >= 4 is 29.1 Å². The molecule has 2 fully saturated rings. The fourth-order valence-corrected chi connectivity index (χ4v) is 4.51. The third-order valence-electron chi connectivity index (χ3n) is 6.22. The van der Waals surface area contributed by atoms with Gasteiger partial charge in [0.2, 0.25) is 5.95 Å². The van der Waals surface area contributed by atoms with Crippen LogP contribution in [-0.4, -0.2) is 69.6 Å². The molecule has 2 aromatic heterocycles. The summed E-state index contributed by atoms with van der Waals surface area (Å²) in [6.45, 7) is 8.46. The second-order valence-electron chi connectivity index (χ2n) is 8.36. The number of hydrogen-bond donors (Lipinski definition) is 2. The molecule has 30 heavy (non-hydrogen) atoms. The quantitative estimate of drug-likeness (QED) is 0.747. The Morgan fingerprint density at radius 3 is 2.73 bits per heavy atom. The van der Waals surface area contributed by atoms with Crippen molar-refractivity contribution in [2.45, 2.75) is 51.2 Å². The van der Waals surface area contributed by atoms with E-state index < -0.39 is 0 Å². The van der Waals surface area contributed by atoms with E-state index in [1.54, 1.807) is 6.20 Å². The van der Waals surface area contributed by atoms with E-state index in [2.05, 4.69) is 44.0 Å². The summed E-state index contributed by atoms with van der Waals surface area (Å²) in [4.78, 5) is 11.4. The molecule has 0 radical (unpaired) electrons. The number of aromatic nitrogens is 4. The molecule has 1 atom stereocenters. The van der Waals surface area contributed by atoms with Gasteiger partial charge in [0.25, 0.3) is 5.88 Å². The lowest BCUT2D eigenvalue weighted by atomic mass is 10.00. The lowest BCUT2D eigenvalue weighted by molar-refractivity contribution is -0.0145. The number of hydrogen-bond acceptors (Lipinski definition) is 8. The van der Waals surface area contributed by atoms with Crippen molar-refractivity contribution in [3.05, 3.63) is 16.9 Å². The van der Waals surface area contributed by atoms with Gasteiger partial charge in [0.1, 0.15) is 10.7 Å². The molecule has 5 heterocycles. The first-order valence-electron chi connectivity index (χ1n) is 10.7. The van der Waals surface area contributed by atoms with Crippen LogP contribution in [0.15, 0.2) is 6.20 Å². The van der Waals surface area contributed by atoms with Crippen molar-refractivity contribution in [3.8, 4) is 5.88 Å². The van der Waals surface area contributed by atoms with Crippen molar-refractivity contribution in [2.75, 3.05) is 43.5 Å². The number of rotatable bonds is 2. The minimum atomic E-state index is 0.162. The second-order valence-corrected chi connectivity index (χ2v) is 8.77. The van der Waals surface area contributed by atoms with Gasteiger partial charge in [-0.15, -0.1) is 5.10 Å². The summed E-state index contributed by atoms with van der Waals surface area (Å²) in [5.74, 6) is 1.70. The largest absolute Gasteiger partial charge is 0.475 e. The molecule has 0 unspecified atom stereocenters. The van der Waals surface area contributed by atoms with Gasteiger partial charge in [-0.1, -0.05) is 11.6 Å². The molecule has 162 valence electrons. The molecule has 2 N–H and O–H groups in total. The van der Waals surface area contributed by atoms with Crippen LogP contribution in [0.25, 0.3) is 0 Å². The zero-order valence-electron chi connectivity index (χ0n) is 17.4. The van der Waals surface area contributed by atoms with Crippen molar-refractivity contribution in [1.29, 1.82) is 0 Å². The first-order valence-corrected chi connectivity index (χ1v) is 11.1. The van der Waals surface area contributed by atoms with Gasteiger partial charge in [0, 0.05) is 44.8 Å². The van der Waals surface area contributed by atoms with Crippen molar-refractivity contribution < 1.29 is 9.47 Å². The molecule has 9 nitrogen and oxygen atoms in total. The van der Waals surface area contributed by atoms with Gasteiger partial charge in [-0.05, 0) is 26.7 Å². The third-order valence-corrected chi connectivity index (χ3v) is 6.49. The van der Waals surface area contributed by atoms with Crippen molar-refractivity contribution in [2.24, 2.45) is 0 Å². The highest BCUT2D eigenvalue weighted by Crippen LogP contribution is 2.36. The van der Waals surface area contributed by atoms with Gasteiger partial charge in [-0.2, -0.15) is 4.98 Å². The average molecular weight is 434 g/mol. The summed E-state index contributed by atoms with van der Waals surface area (Å²) in [6.07, 6.45) is 4.66. The molecule has 0 saturated carbocycles. The number of ether oxygens (including phenoxy) is 2. The maximum absolute atomic E-state index is 6.26. The Balaban J connectivity index is 1.38. The van der Waals surface area contributed by atoms with Gasteiger partial charge < -0.3 is 20.1 Å². The molecule has 3 aliphatic rings. The Morgan fingerprint density at radius 2 is 1.93 bits per heavy atom. The molecule has 0 amide bonds. The summed E-state index contributed by atoms with van der Waals surface area (Å²) in [7, 11) is 0. The highest BCUT2D eigenvalue weighted by atomic mass is 35.5. The molecular formula is C20H28ClN7O2. The van der Waals surface area contributed by atoms with Gasteiger partial charge in [-0.3, -0.25) is 9.58 Å². The molecule has 0 spiro atoms. The molecule has 3 aliphatic heterocycles. The molecule has 5 rings (SSSR count). The van der Waals surface area contributed by atoms with Crippen LogP contribution in [0.2, 0.25) is 5.02 Å². The van der Waals surface area contributed by atoms with Crippen LogP contribution >= 0.6 is 11.6 Å². The fraction of sp³-hybridized carbons (Fsp3) is 0.650. The number of halogens is 1. The van der Waals surface area contributed by atoms with E-state index >= 15 is 0 Å². The lowest BCUT2D eigenvalue weighted by Gasteiger charge is -2.45. The Labute approximate surface area is 181 Å². The predicted molar refractivity (Wildman–Crippen MR) is 115 cm³/mol. The summed E-state index contributed by atoms with van der Waals surface area (Å²) < 4.78 is 13.7. The van der Waals surface area contributed by atoms with Crippen LogP contribution in [0.4, 0.5) is 17.5 Å². The number of nitrogens with zero attached hydrogens (tertiary/aromatic N) is 5. The highest BCUT2D eigenvalue weighted by Gasteiger charge is 2.36. The summed E-state index contributed by atoms with van der Waals surface area (Å²) in [5, 5.41) is 12.0. The van der Waals surface area contributed by atoms with E-state index in [9.17, 15) is 0 Å². The molecule has 0 aliphatic carbocycles. The van der Waals surface area contributed by atoms with Crippen LogP contribution in [-0.2, 0) is 4.74 Å². The number of likely N-dealkylation sites (tertiary alicyclic amines) is 1. The number of anilines is 3. The van der Waals surface area contributed by atoms with E-state index in [1.165, 1.54) is 0 Å². The first-order chi connectivity index (χ1) is 14.6. The predicted octanol–water partition coefficient (Wildman–Crippen LogP) is 3.00. The Morgan fingerprint density at radius 1 is 1.13 bits per heavy atom. The standard InChI is InChI=1S/C20H28ClN7O2/c1-12-3-8-30-19-17(24-20-22-9-16(21)18(23-12)25-20)13(2)28(26-19)15-10-27(11-15)14-4-6-29-7-5-14/h9,12,14-15H,3-8,10-11H2,1-2H3,(H2,22,23,24,25)/t12-/m1/s1. The SMILES string of the molecule is Cc1c2c(nn1C1CN(C3CCOCC3)C1)OCC[C@@H](C)Nc1nc(ncc1Cl)N2. The maximum atomic E-state index is 6.26. The smallest absolute Gasteiger partial charge is 0.257 e. The highest BCUT2D eigenvalue weighted by molar-refractivity contribution is 6.32. The van der Waals surface area contributed by atoms with Gasteiger partial charge in [0.05, 0.1) is 24.5 Å². The van der Waals surface area contributed by atoms with Crippen LogP contribution in [0.5, 0.6) is 5.88 Å². The summed E-state index contributed by atoms with van der Waals surface area (Å²) >= 11 is 6.26. The normalized spacial score (nSPS) is 23.4. The summed E-state index contributed by atoms with van der Waals surface area (Å²) in [5.41, 5.74) is 1.85. The van der Waals surface area contributed by atoms with E-state index in [1.807, 2.05) is 0 Å². The zero-order chi connectivity index (χ0) is 20.7. The molecule has 2 saturated heterocycles. The van der Waals surface area contributed by atoms with Crippen LogP contribution in [0.3, 0.4) is 0 Å². The van der Waals surface area contributed by atoms with Gasteiger partial charge in [0.15, 0.2) is 5.82 Å². The van der Waals surface area contributed by atoms with Gasteiger partial charge in [-0.25, -0.2) is 4.98 Å². The lowest BCUT2D eigenvalue weighted by Crippen LogP contribution is -2.54. The molecule has 0 aromatic carbocycles. The second kappa shape index (κ2) is 8.20. The molecule has 10 heteroatoms. The third kappa shape index (κ3) is 3.81. The van der Waals surface area contributed by atoms with Crippen LogP contribution < -0.4 is 15.4 Å². The topological polar surface area (TPSA) is 89.4 Å². The number of nitrogens with one attached hydrogen (secondary N) is 2. The maximum Gasteiger partial charge on any atom is 0.257 e. The van der Waals surface area contributed by atoms with E-state index in [-0.39, 0.29) is 6.04 Å². The van der Waals surface area contributed by atoms with Crippen molar-refractivity contribution in [3.63, 3.8) is 0 Å². The van der Waals surface area contributed by atoms with E-state index in [0.29, 0.717) is 41.4 Å². The minimum Gasteiger partial charge on any atom is -0.475 e. The summed E-state index contributed by atoms with van der Waals surface area (Å²) in [6, 6.07) is 1.14. The average Bonchev–Trinajstić information content (AvgIpc) is 2.98. The number of fused-ring (bicyclic) bond motifs is 3. The van der Waals surface area contributed by atoms with Crippen LogP contribution in [0, 0.1) is 6.92 Å². The molecular weight excluding hydrogens is 406 g/mol. The molecule has 2 bridgehead atoms. The van der Waals surface area contributed by atoms with E-state index in [4.69, 9.17) is 26.2 Å². The Hall–Kier alpha value is -2.10.